The molecule has 10 nitrogen and oxygen atoms in total. The molecule has 0 aliphatic carbocycles. The van der Waals surface area contributed by atoms with Crippen molar-refractivity contribution >= 4 is 35.0 Å². The minimum Gasteiger partial charge on any atom is -0.478 e. The van der Waals surface area contributed by atoms with Crippen molar-refractivity contribution in [1.82, 2.24) is 5.32 Å². The number of nitrogens with one attached hydrogen (secondary N) is 3. The molecule has 0 unspecified atom stereocenters. The number of hydrogen-bond acceptors (Lipinski definition) is 6. The fraction of sp³-hybridized carbons (Fsp3) is 0.407. The number of carbonyl (C=O) groups excluding carboxylic acids is 2. The number of nitrogens with two attached hydrogens (primary N) is 1. The van der Waals surface area contributed by atoms with Crippen LogP contribution in [-0.2, 0) is 4.79 Å². The van der Waals surface area contributed by atoms with E-state index in [9.17, 15) is 24.6 Å². The number of aliphatic hydroxyl groups excluding tert-OH is 1. The van der Waals surface area contributed by atoms with Gasteiger partial charge in [-0.3, -0.25) is 15.0 Å². The fourth-order valence-electron chi connectivity index (χ4n) is 4.33. The Hall–Kier alpha value is -3.92. The van der Waals surface area contributed by atoms with Gasteiger partial charge in [-0.1, -0.05) is 20.8 Å². The first-order valence-electron chi connectivity index (χ1n) is 12.2. The number of aromatic carboxylic acids is 1. The molecule has 0 spiro atoms. The summed E-state index contributed by atoms with van der Waals surface area (Å²) in [7, 11) is 0. The quantitative estimate of drug-likeness (QED) is 0.235. The SMILES string of the molecule is CC(C)(C)[C@@H](CO)NC(=O)c1ccc(N2CCCC[C@H]2C(=O)Nc2ccc(C(=N)N)cc2)c(C(=O)O)c1. The first kappa shape index (κ1) is 27.7. The number of carbonyl (C=O) groups is 3. The van der Waals surface area contributed by atoms with E-state index in [1.165, 1.54) is 12.1 Å². The lowest BCUT2D eigenvalue weighted by atomic mass is 9.87. The third-order valence-electron chi connectivity index (χ3n) is 6.60. The predicted molar refractivity (Wildman–Crippen MR) is 142 cm³/mol. The minimum atomic E-state index is -1.20. The molecule has 2 aromatic carbocycles. The van der Waals surface area contributed by atoms with Gasteiger partial charge in [0.2, 0.25) is 5.91 Å². The Morgan fingerprint density at radius 3 is 2.32 bits per heavy atom. The number of amides is 2. The van der Waals surface area contributed by atoms with Gasteiger partial charge < -0.3 is 31.5 Å². The Balaban J connectivity index is 1.86. The maximum absolute atomic E-state index is 13.2. The van der Waals surface area contributed by atoms with Crippen molar-refractivity contribution in [3.8, 4) is 0 Å². The number of aliphatic hydroxyl groups is 1. The molecule has 0 aromatic heterocycles. The Morgan fingerprint density at radius 2 is 1.76 bits per heavy atom. The highest BCUT2D eigenvalue weighted by atomic mass is 16.4. The lowest BCUT2D eigenvalue weighted by Crippen LogP contribution is -2.48. The summed E-state index contributed by atoms with van der Waals surface area (Å²) in [5.41, 5.74) is 6.64. The number of hydrogen-bond donors (Lipinski definition) is 6. The van der Waals surface area contributed by atoms with Gasteiger partial charge in [-0.25, -0.2) is 4.79 Å². The number of nitrogens with zero attached hydrogens (tertiary/aromatic N) is 1. The molecule has 7 N–H and O–H groups in total. The van der Waals surface area contributed by atoms with Crippen LogP contribution in [0.25, 0.3) is 0 Å². The number of carboxylic acid groups (broad SMARTS) is 1. The molecule has 0 radical (unpaired) electrons. The summed E-state index contributed by atoms with van der Waals surface area (Å²) in [4.78, 5) is 40.1. The summed E-state index contributed by atoms with van der Waals surface area (Å²) >= 11 is 0. The van der Waals surface area contributed by atoms with Gasteiger partial charge in [-0.15, -0.1) is 0 Å². The number of rotatable bonds is 8. The molecule has 1 aliphatic rings. The topological polar surface area (TPSA) is 169 Å². The van der Waals surface area contributed by atoms with E-state index in [-0.39, 0.29) is 34.9 Å². The van der Waals surface area contributed by atoms with Crippen molar-refractivity contribution in [2.24, 2.45) is 11.1 Å². The second-order valence-electron chi connectivity index (χ2n) is 10.3. The average molecular weight is 510 g/mol. The van der Waals surface area contributed by atoms with Crippen molar-refractivity contribution in [3.63, 3.8) is 0 Å². The van der Waals surface area contributed by atoms with Crippen LogP contribution in [0.3, 0.4) is 0 Å². The van der Waals surface area contributed by atoms with Crippen LogP contribution in [0.15, 0.2) is 42.5 Å². The van der Waals surface area contributed by atoms with Gasteiger partial charge in [0.25, 0.3) is 5.91 Å². The van der Waals surface area contributed by atoms with Gasteiger partial charge in [0.05, 0.1) is 23.9 Å². The third-order valence-corrected chi connectivity index (χ3v) is 6.60. The van der Waals surface area contributed by atoms with Crippen LogP contribution in [0.5, 0.6) is 0 Å². The van der Waals surface area contributed by atoms with Crippen molar-refractivity contribution in [1.29, 1.82) is 5.41 Å². The monoisotopic (exact) mass is 509 g/mol. The Labute approximate surface area is 216 Å². The van der Waals surface area contributed by atoms with E-state index in [4.69, 9.17) is 11.1 Å². The van der Waals surface area contributed by atoms with Gasteiger partial charge in [-0.05, 0) is 67.1 Å². The number of piperidine rings is 1. The number of benzene rings is 2. The fourth-order valence-corrected chi connectivity index (χ4v) is 4.33. The van der Waals surface area contributed by atoms with Gasteiger partial charge in [0.1, 0.15) is 11.9 Å². The summed E-state index contributed by atoms with van der Waals surface area (Å²) in [5, 5.41) is 32.8. The Morgan fingerprint density at radius 1 is 1.11 bits per heavy atom. The molecule has 1 heterocycles. The lowest BCUT2D eigenvalue weighted by Gasteiger charge is -2.37. The van der Waals surface area contributed by atoms with Crippen LogP contribution < -0.4 is 21.3 Å². The zero-order valence-electron chi connectivity index (χ0n) is 21.4. The van der Waals surface area contributed by atoms with Crippen molar-refractivity contribution in [2.75, 3.05) is 23.4 Å². The van der Waals surface area contributed by atoms with Gasteiger partial charge in [-0.2, -0.15) is 0 Å². The summed E-state index contributed by atoms with van der Waals surface area (Å²) in [6, 6.07) is 9.92. The molecule has 10 heteroatoms. The van der Waals surface area contributed by atoms with Crippen molar-refractivity contribution in [2.45, 2.75) is 52.1 Å². The number of carboxylic acids is 1. The number of anilines is 2. The molecule has 1 fully saturated rings. The van der Waals surface area contributed by atoms with Crippen LogP contribution in [0.1, 0.15) is 66.3 Å². The molecule has 2 aromatic rings. The molecule has 1 aliphatic heterocycles. The first-order chi connectivity index (χ1) is 17.4. The van der Waals surface area contributed by atoms with E-state index in [0.717, 1.165) is 12.8 Å². The normalized spacial score (nSPS) is 16.5. The zero-order valence-corrected chi connectivity index (χ0v) is 21.4. The summed E-state index contributed by atoms with van der Waals surface area (Å²) in [5.74, 6) is -2.03. The zero-order chi connectivity index (χ0) is 27.3. The summed E-state index contributed by atoms with van der Waals surface area (Å²) in [6.07, 6.45) is 2.15. The van der Waals surface area contributed by atoms with Crippen LogP contribution in [0.4, 0.5) is 11.4 Å². The highest BCUT2D eigenvalue weighted by molar-refractivity contribution is 6.03. The van der Waals surface area contributed by atoms with Crippen LogP contribution in [0.2, 0.25) is 0 Å². The van der Waals surface area contributed by atoms with E-state index >= 15 is 0 Å². The highest BCUT2D eigenvalue weighted by Crippen LogP contribution is 2.30. The third kappa shape index (κ3) is 6.65. The number of nitrogen functional groups attached to an aromatic ring is 1. The molecular formula is C27H35N5O5. The molecule has 2 amide bonds. The number of amidine groups is 1. The largest absolute Gasteiger partial charge is 0.478 e. The van der Waals surface area contributed by atoms with Gasteiger partial charge in [0, 0.05) is 23.4 Å². The molecular weight excluding hydrogens is 474 g/mol. The van der Waals surface area contributed by atoms with E-state index in [2.05, 4.69) is 10.6 Å². The second kappa shape index (κ2) is 11.4. The standard InChI is InChI=1S/C27H35N5O5/c1-27(2,3)22(15-33)31-24(34)17-9-12-20(19(14-17)26(36)37)32-13-5-4-6-21(32)25(35)30-18-10-7-16(8-11-18)23(28)29/h7-12,14,21-22,33H,4-6,13,15H2,1-3H3,(H3,28,29)(H,30,35)(H,31,34)(H,36,37)/t21-,22+/m0/s1. The van der Waals surface area contributed by atoms with Gasteiger partial charge in [0.15, 0.2) is 0 Å². The highest BCUT2D eigenvalue weighted by Gasteiger charge is 2.32. The van der Waals surface area contributed by atoms with E-state index in [1.54, 1.807) is 35.2 Å². The average Bonchev–Trinajstić information content (AvgIpc) is 2.86. The molecule has 2 atom stereocenters. The first-order valence-corrected chi connectivity index (χ1v) is 12.2. The summed E-state index contributed by atoms with van der Waals surface area (Å²) < 4.78 is 0. The predicted octanol–water partition coefficient (Wildman–Crippen LogP) is 2.80. The molecule has 1 saturated heterocycles. The molecule has 0 saturated carbocycles. The van der Waals surface area contributed by atoms with Crippen molar-refractivity contribution in [3.05, 3.63) is 59.2 Å². The summed E-state index contributed by atoms with van der Waals surface area (Å²) in [6.45, 7) is 5.91. The van der Waals surface area contributed by atoms with Crippen LogP contribution in [0, 0.1) is 10.8 Å². The van der Waals surface area contributed by atoms with E-state index in [1.807, 2.05) is 20.8 Å². The maximum Gasteiger partial charge on any atom is 0.337 e. The smallest absolute Gasteiger partial charge is 0.337 e. The Bertz CT molecular complexity index is 1170. The molecule has 198 valence electrons. The maximum atomic E-state index is 13.2. The Kier molecular flexibility index (Phi) is 8.54. The second-order valence-corrected chi connectivity index (χ2v) is 10.3. The molecule has 37 heavy (non-hydrogen) atoms. The van der Waals surface area contributed by atoms with Crippen LogP contribution >= 0.6 is 0 Å². The minimum absolute atomic E-state index is 0.0695. The van der Waals surface area contributed by atoms with Crippen LogP contribution in [-0.4, -0.2) is 59.1 Å². The van der Waals surface area contributed by atoms with E-state index < -0.39 is 24.0 Å². The molecule has 3 rings (SSSR count). The lowest BCUT2D eigenvalue weighted by molar-refractivity contribution is -0.117. The molecule has 0 bridgehead atoms. The van der Waals surface area contributed by atoms with E-state index in [0.29, 0.717) is 29.9 Å². The van der Waals surface area contributed by atoms with Crippen molar-refractivity contribution < 1.29 is 24.6 Å². The van der Waals surface area contributed by atoms with Gasteiger partial charge >= 0.3 is 5.97 Å².